The van der Waals surface area contributed by atoms with Crippen LogP contribution in [0, 0.1) is 11.8 Å². The Morgan fingerprint density at radius 3 is 2.43 bits per heavy atom. The first kappa shape index (κ1) is 9.13. The van der Waals surface area contributed by atoms with Gasteiger partial charge in [0.05, 0.1) is 13.2 Å². The van der Waals surface area contributed by atoms with Gasteiger partial charge in [-0.05, 0) is 12.8 Å². The maximum Gasteiger partial charge on any atom is 0.127 e. The second-order valence-electron chi connectivity index (χ2n) is 4.70. The average Bonchev–Trinajstić information content (AvgIpc) is 2.62. The molecule has 0 amide bonds. The van der Waals surface area contributed by atoms with Crippen molar-refractivity contribution in [3.8, 4) is 0 Å². The Balaban J connectivity index is 1.74. The van der Waals surface area contributed by atoms with E-state index in [2.05, 4.69) is 4.90 Å². The number of hydrogen-bond donors (Lipinski definition) is 0. The van der Waals surface area contributed by atoms with Crippen molar-refractivity contribution < 1.29 is 9.47 Å². The third-order valence-electron chi connectivity index (χ3n) is 4.30. The van der Waals surface area contributed by atoms with Crippen molar-refractivity contribution in [3.63, 3.8) is 0 Å². The molecule has 0 bridgehead atoms. The smallest absolute Gasteiger partial charge is 0.127 e. The number of hydrogen-bond acceptors (Lipinski definition) is 3. The Hall–Kier alpha value is -0.120. The van der Waals surface area contributed by atoms with Gasteiger partial charge in [-0.25, -0.2) is 0 Å². The topological polar surface area (TPSA) is 21.7 Å². The monoisotopic (exact) mass is 197 g/mol. The number of rotatable bonds is 2. The van der Waals surface area contributed by atoms with Gasteiger partial charge < -0.3 is 9.47 Å². The minimum absolute atomic E-state index is 0.127. The quantitative estimate of drug-likeness (QED) is 0.661. The highest BCUT2D eigenvalue weighted by Gasteiger charge is 2.69. The Labute approximate surface area is 85.4 Å². The molecule has 0 aromatic carbocycles. The van der Waals surface area contributed by atoms with Crippen molar-refractivity contribution in [2.45, 2.75) is 25.0 Å². The van der Waals surface area contributed by atoms with Crippen LogP contribution in [0.4, 0.5) is 0 Å². The number of ether oxygens (including phenoxy) is 2. The molecule has 3 nitrogen and oxygen atoms in total. The van der Waals surface area contributed by atoms with Crippen molar-refractivity contribution in [1.82, 2.24) is 4.90 Å². The van der Waals surface area contributed by atoms with E-state index >= 15 is 0 Å². The van der Waals surface area contributed by atoms with Gasteiger partial charge in [0, 0.05) is 32.0 Å². The molecule has 0 radical (unpaired) electrons. The van der Waals surface area contributed by atoms with E-state index < -0.39 is 0 Å². The molecule has 0 N–H and O–H groups in total. The second-order valence-corrected chi connectivity index (χ2v) is 4.70. The fourth-order valence-corrected chi connectivity index (χ4v) is 3.68. The van der Waals surface area contributed by atoms with Gasteiger partial charge in [-0.15, -0.1) is 0 Å². The first-order valence-corrected chi connectivity index (χ1v) is 5.77. The molecule has 14 heavy (non-hydrogen) atoms. The fraction of sp³-hybridized carbons (Fsp3) is 1.00. The summed E-state index contributed by atoms with van der Waals surface area (Å²) in [5.41, 5.74) is 0.127. The Morgan fingerprint density at radius 1 is 1.21 bits per heavy atom. The molecule has 3 rings (SSSR count). The molecule has 1 saturated heterocycles. The predicted molar refractivity (Wildman–Crippen MR) is 53.0 cm³/mol. The van der Waals surface area contributed by atoms with Crippen molar-refractivity contribution in [2.24, 2.45) is 11.8 Å². The maximum absolute atomic E-state index is 5.83. The van der Waals surface area contributed by atoms with Gasteiger partial charge in [-0.1, -0.05) is 6.42 Å². The second kappa shape index (κ2) is 3.19. The molecule has 80 valence electrons. The van der Waals surface area contributed by atoms with Gasteiger partial charge in [0.1, 0.15) is 5.72 Å². The van der Waals surface area contributed by atoms with Gasteiger partial charge in [-0.3, -0.25) is 4.90 Å². The lowest BCUT2D eigenvalue weighted by Gasteiger charge is -2.36. The lowest BCUT2D eigenvalue weighted by atomic mass is 10.1. The molecule has 2 aliphatic carbocycles. The van der Waals surface area contributed by atoms with E-state index in [0.29, 0.717) is 0 Å². The zero-order chi connectivity index (χ0) is 9.60. The zero-order valence-electron chi connectivity index (χ0n) is 8.87. The Morgan fingerprint density at radius 2 is 1.86 bits per heavy atom. The average molecular weight is 197 g/mol. The van der Waals surface area contributed by atoms with Crippen LogP contribution in [0.25, 0.3) is 0 Å². The largest absolute Gasteiger partial charge is 0.379 e. The summed E-state index contributed by atoms with van der Waals surface area (Å²) in [5, 5.41) is 0. The Kier molecular flexibility index (Phi) is 2.08. The zero-order valence-corrected chi connectivity index (χ0v) is 8.87. The van der Waals surface area contributed by atoms with Crippen molar-refractivity contribution >= 4 is 0 Å². The fourth-order valence-electron chi connectivity index (χ4n) is 3.68. The molecule has 0 aromatic heterocycles. The van der Waals surface area contributed by atoms with E-state index in [4.69, 9.17) is 9.47 Å². The van der Waals surface area contributed by atoms with Gasteiger partial charge in [0.15, 0.2) is 0 Å². The van der Waals surface area contributed by atoms with Crippen molar-refractivity contribution in [2.75, 3.05) is 33.4 Å². The highest BCUT2D eigenvalue weighted by atomic mass is 16.5. The van der Waals surface area contributed by atoms with Crippen LogP contribution in [0.1, 0.15) is 19.3 Å². The predicted octanol–water partition coefficient (Wildman–Crippen LogP) is 1.09. The Bertz CT molecular complexity index is 215. The molecule has 2 saturated carbocycles. The molecule has 3 atom stereocenters. The molecule has 0 aromatic rings. The molecule has 1 heterocycles. The standard InChI is InChI=1S/C11H19NO2/c1-13-11(9-3-2-4-10(9)11)12-5-7-14-8-6-12/h9-10H,2-8H2,1H3/t9-,10+,11?. The van der Waals surface area contributed by atoms with Gasteiger partial charge in [-0.2, -0.15) is 0 Å². The minimum atomic E-state index is 0.127. The summed E-state index contributed by atoms with van der Waals surface area (Å²) in [6.07, 6.45) is 4.15. The van der Waals surface area contributed by atoms with Crippen LogP contribution >= 0.6 is 0 Å². The highest BCUT2D eigenvalue weighted by Crippen LogP contribution is 2.64. The SMILES string of the molecule is COC1(N2CCOCC2)[C@@H]2CCC[C@@H]21. The van der Waals surface area contributed by atoms with Crippen molar-refractivity contribution in [3.05, 3.63) is 0 Å². The molecule has 3 fully saturated rings. The molecule has 3 heteroatoms. The molecular weight excluding hydrogens is 178 g/mol. The summed E-state index contributed by atoms with van der Waals surface area (Å²) < 4.78 is 11.2. The van der Waals surface area contributed by atoms with Crippen LogP contribution in [0.3, 0.4) is 0 Å². The molecule has 0 spiro atoms. The summed E-state index contributed by atoms with van der Waals surface area (Å²) in [5.74, 6) is 1.65. The van der Waals surface area contributed by atoms with Gasteiger partial charge in [0.2, 0.25) is 0 Å². The summed E-state index contributed by atoms with van der Waals surface area (Å²) >= 11 is 0. The van der Waals surface area contributed by atoms with E-state index in [1.165, 1.54) is 19.3 Å². The molecule has 1 aliphatic heterocycles. The third-order valence-corrected chi connectivity index (χ3v) is 4.30. The summed E-state index contributed by atoms with van der Waals surface area (Å²) in [6.45, 7) is 3.87. The third kappa shape index (κ3) is 1.03. The normalized spacial score (nSPS) is 47.8. The van der Waals surface area contributed by atoms with E-state index in [0.717, 1.165) is 38.1 Å². The first-order chi connectivity index (χ1) is 6.89. The first-order valence-electron chi connectivity index (χ1n) is 5.77. The molecular formula is C11H19NO2. The molecule has 3 aliphatic rings. The minimum Gasteiger partial charge on any atom is -0.379 e. The summed E-state index contributed by atoms with van der Waals surface area (Å²) in [6, 6.07) is 0. The van der Waals surface area contributed by atoms with Crippen LogP contribution < -0.4 is 0 Å². The summed E-state index contributed by atoms with van der Waals surface area (Å²) in [4.78, 5) is 2.52. The summed E-state index contributed by atoms with van der Waals surface area (Å²) in [7, 11) is 1.88. The van der Waals surface area contributed by atoms with E-state index in [1.807, 2.05) is 7.11 Å². The van der Waals surface area contributed by atoms with Crippen LogP contribution in [0.5, 0.6) is 0 Å². The van der Waals surface area contributed by atoms with E-state index in [-0.39, 0.29) is 5.72 Å². The van der Waals surface area contributed by atoms with Crippen LogP contribution in [-0.2, 0) is 9.47 Å². The highest BCUT2D eigenvalue weighted by molar-refractivity contribution is 5.15. The number of nitrogens with zero attached hydrogens (tertiary/aromatic N) is 1. The number of morpholine rings is 1. The van der Waals surface area contributed by atoms with E-state index in [1.54, 1.807) is 0 Å². The van der Waals surface area contributed by atoms with Crippen molar-refractivity contribution in [1.29, 1.82) is 0 Å². The lowest BCUT2D eigenvalue weighted by molar-refractivity contribution is -0.118. The maximum atomic E-state index is 5.83. The number of methoxy groups -OCH3 is 1. The van der Waals surface area contributed by atoms with Gasteiger partial charge in [0.25, 0.3) is 0 Å². The van der Waals surface area contributed by atoms with Crippen LogP contribution in [-0.4, -0.2) is 44.0 Å². The number of fused-ring (bicyclic) bond motifs is 1. The van der Waals surface area contributed by atoms with Gasteiger partial charge >= 0.3 is 0 Å². The van der Waals surface area contributed by atoms with E-state index in [9.17, 15) is 0 Å². The van der Waals surface area contributed by atoms with Crippen LogP contribution in [0.2, 0.25) is 0 Å². The lowest BCUT2D eigenvalue weighted by Crippen LogP contribution is -2.48. The van der Waals surface area contributed by atoms with Crippen LogP contribution in [0.15, 0.2) is 0 Å². The molecule has 1 unspecified atom stereocenters.